The molecule has 0 saturated heterocycles. The number of carbonyl (C=O) groups excluding carboxylic acids is 2. The molecule has 86 valence electrons. The van der Waals surface area contributed by atoms with Gasteiger partial charge >= 0.3 is 100 Å². The third kappa shape index (κ3) is 3.80. The van der Waals surface area contributed by atoms with Crippen molar-refractivity contribution in [3.8, 4) is 0 Å². The fourth-order valence-corrected chi connectivity index (χ4v) is 3.20. The molecule has 5 heteroatoms. The van der Waals surface area contributed by atoms with Gasteiger partial charge in [-0.2, -0.15) is 0 Å². The fourth-order valence-electron chi connectivity index (χ4n) is 1.13. The van der Waals surface area contributed by atoms with E-state index in [2.05, 4.69) is 4.74 Å². The van der Waals surface area contributed by atoms with Crippen LogP contribution in [0.3, 0.4) is 0 Å². The van der Waals surface area contributed by atoms with E-state index in [4.69, 9.17) is 5.11 Å². The molecular formula is C11H13AsO4. The molecule has 0 aromatic heterocycles. The van der Waals surface area contributed by atoms with Gasteiger partial charge in [0, 0.05) is 0 Å². The molecule has 4 nitrogen and oxygen atoms in total. The van der Waals surface area contributed by atoms with Gasteiger partial charge in [-0.05, 0) is 0 Å². The summed E-state index contributed by atoms with van der Waals surface area (Å²) in [5, 5.41) is 8.99. The van der Waals surface area contributed by atoms with Crippen molar-refractivity contribution in [1.82, 2.24) is 0 Å². The summed E-state index contributed by atoms with van der Waals surface area (Å²) < 4.78 is 5.61. The molecule has 0 saturated carbocycles. The summed E-state index contributed by atoms with van der Waals surface area (Å²) in [6, 6.07) is 7.08. The predicted molar refractivity (Wildman–Crippen MR) is 61.5 cm³/mol. The zero-order chi connectivity index (χ0) is 12.0. The Morgan fingerprint density at radius 3 is 2.81 bits per heavy atom. The third-order valence-electron chi connectivity index (χ3n) is 1.95. The number of hydrogen-bond donors (Lipinski definition) is 1. The van der Waals surface area contributed by atoms with Crippen LogP contribution in [0, 0.1) is 0 Å². The van der Waals surface area contributed by atoms with Gasteiger partial charge in [0.25, 0.3) is 0 Å². The molecule has 0 fully saturated rings. The topological polar surface area (TPSA) is 63.6 Å². The Hall–Kier alpha value is -1.12. The number of aliphatic hydroxyl groups excluding tert-OH is 1. The first-order valence-corrected chi connectivity index (χ1v) is 7.25. The first-order chi connectivity index (χ1) is 7.67. The first-order valence-electron chi connectivity index (χ1n) is 4.72. The Labute approximate surface area is 100 Å². The Bertz CT molecular complexity index is 389. The van der Waals surface area contributed by atoms with Crippen LogP contribution in [0.15, 0.2) is 24.3 Å². The van der Waals surface area contributed by atoms with Crippen molar-refractivity contribution in [1.29, 1.82) is 0 Å². The minimum absolute atomic E-state index is 0.150. The van der Waals surface area contributed by atoms with E-state index in [9.17, 15) is 9.59 Å². The van der Waals surface area contributed by atoms with Crippen LogP contribution in [0.25, 0.3) is 0 Å². The van der Waals surface area contributed by atoms with E-state index in [0.29, 0.717) is 10.8 Å². The maximum absolute atomic E-state index is 11.2. The van der Waals surface area contributed by atoms with Gasteiger partial charge < -0.3 is 0 Å². The van der Waals surface area contributed by atoms with E-state index < -0.39 is 22.4 Å². The summed E-state index contributed by atoms with van der Waals surface area (Å²) in [6.45, 7) is -0.403. The third-order valence-corrected chi connectivity index (χ3v) is 4.66. The van der Waals surface area contributed by atoms with Gasteiger partial charge in [-0.15, -0.1) is 0 Å². The summed E-state index contributed by atoms with van der Waals surface area (Å²) in [7, 11) is 1.33. The summed E-state index contributed by atoms with van der Waals surface area (Å²) in [5.41, 5.74) is 0.500. The van der Waals surface area contributed by atoms with Crippen molar-refractivity contribution in [2.75, 3.05) is 13.7 Å². The number of hydrogen-bond acceptors (Lipinski definition) is 4. The number of rotatable bonds is 5. The van der Waals surface area contributed by atoms with E-state index >= 15 is 0 Å². The molecule has 16 heavy (non-hydrogen) atoms. The van der Waals surface area contributed by atoms with Crippen LogP contribution in [0.1, 0.15) is 10.4 Å². The molecule has 0 aliphatic rings. The zero-order valence-electron chi connectivity index (χ0n) is 8.90. The van der Waals surface area contributed by atoms with Crippen LogP contribution in [0.5, 0.6) is 0 Å². The molecule has 0 aliphatic carbocycles. The monoisotopic (exact) mass is 284 g/mol. The molecule has 1 atom stereocenters. The van der Waals surface area contributed by atoms with Crippen LogP contribution < -0.4 is 4.35 Å². The van der Waals surface area contributed by atoms with Gasteiger partial charge in [-0.25, -0.2) is 0 Å². The molecule has 1 aromatic carbocycles. The molecule has 0 bridgehead atoms. The number of esters is 1. The Balaban J connectivity index is 2.67. The van der Waals surface area contributed by atoms with Crippen molar-refractivity contribution in [2.24, 2.45) is 0 Å². The average Bonchev–Trinajstić information content (AvgIpc) is 2.35. The van der Waals surface area contributed by atoms with Gasteiger partial charge in [0.1, 0.15) is 0 Å². The molecular weight excluding hydrogens is 271 g/mol. The fraction of sp³-hybridized carbons (Fsp3) is 0.273. The number of ether oxygens (including phenoxy) is 1. The van der Waals surface area contributed by atoms with Crippen LogP contribution >= 0.6 is 0 Å². The molecule has 0 amide bonds. The minimum atomic E-state index is -0.622. The summed E-state index contributed by atoms with van der Waals surface area (Å²) in [6.07, 6.45) is 0. The van der Waals surface area contributed by atoms with Gasteiger partial charge in [0.05, 0.1) is 0 Å². The van der Waals surface area contributed by atoms with Crippen LogP contribution in [-0.4, -0.2) is 46.3 Å². The molecule has 0 aliphatic heterocycles. The van der Waals surface area contributed by atoms with Crippen molar-refractivity contribution in [2.45, 2.75) is 5.21 Å². The van der Waals surface area contributed by atoms with E-state index in [1.165, 1.54) is 7.11 Å². The molecule has 1 rings (SSSR count). The Morgan fingerprint density at radius 1 is 1.44 bits per heavy atom. The van der Waals surface area contributed by atoms with E-state index in [0.717, 1.165) is 4.35 Å². The molecule has 0 spiro atoms. The van der Waals surface area contributed by atoms with E-state index in [1.54, 1.807) is 18.2 Å². The Kier molecular flexibility index (Phi) is 5.23. The van der Waals surface area contributed by atoms with E-state index in [1.807, 2.05) is 6.07 Å². The summed E-state index contributed by atoms with van der Waals surface area (Å²) in [5.74, 6) is -0.523. The SMILES string of the molecule is COC(=O)c1cccc([AsH]CC(=O)CO)c1. The number of carbonyl (C=O) groups is 2. The number of methoxy groups -OCH3 is 1. The number of Topliss-reactive ketones (excluding diaryl/α,β-unsaturated/α-hetero) is 1. The second kappa shape index (κ2) is 6.46. The molecule has 1 unspecified atom stereocenters. The number of aliphatic hydroxyl groups is 1. The van der Waals surface area contributed by atoms with Crippen molar-refractivity contribution >= 4 is 31.9 Å². The zero-order valence-corrected chi connectivity index (χ0v) is 11.0. The van der Waals surface area contributed by atoms with E-state index in [-0.39, 0.29) is 11.8 Å². The normalized spacial score (nSPS) is 10.6. The molecule has 0 radical (unpaired) electrons. The van der Waals surface area contributed by atoms with Gasteiger partial charge in [-0.3, -0.25) is 0 Å². The standard InChI is InChI=1S/C11H13AsO4/c1-16-11(15)8-3-2-4-9(5-8)12-6-10(14)7-13/h2-5,12-13H,6-7H2,1H3. The van der Waals surface area contributed by atoms with Crippen LogP contribution in [0.2, 0.25) is 5.21 Å². The second-order valence-electron chi connectivity index (χ2n) is 3.12. The summed E-state index contributed by atoms with van der Waals surface area (Å²) >= 11 is -0.622. The van der Waals surface area contributed by atoms with Gasteiger partial charge in [-0.1, -0.05) is 0 Å². The molecule has 0 heterocycles. The van der Waals surface area contributed by atoms with Crippen LogP contribution in [0.4, 0.5) is 0 Å². The quantitative estimate of drug-likeness (QED) is 0.585. The van der Waals surface area contributed by atoms with Gasteiger partial charge in [0.2, 0.25) is 0 Å². The maximum atomic E-state index is 11.2. The van der Waals surface area contributed by atoms with Crippen LogP contribution in [-0.2, 0) is 9.53 Å². The van der Waals surface area contributed by atoms with Crippen molar-refractivity contribution in [3.63, 3.8) is 0 Å². The molecule has 1 N–H and O–H groups in total. The number of benzene rings is 1. The first kappa shape index (κ1) is 12.9. The second-order valence-corrected chi connectivity index (χ2v) is 5.82. The Morgan fingerprint density at radius 2 is 2.19 bits per heavy atom. The number of ketones is 1. The van der Waals surface area contributed by atoms with Crippen molar-refractivity contribution in [3.05, 3.63) is 29.8 Å². The molecule has 1 aromatic rings. The average molecular weight is 284 g/mol. The van der Waals surface area contributed by atoms with Gasteiger partial charge in [0.15, 0.2) is 0 Å². The summed E-state index contributed by atoms with van der Waals surface area (Å²) in [4.78, 5) is 22.2. The van der Waals surface area contributed by atoms with Crippen molar-refractivity contribution < 1.29 is 19.4 Å². The predicted octanol–water partition coefficient (Wildman–Crippen LogP) is -0.485.